The summed E-state index contributed by atoms with van der Waals surface area (Å²) in [5, 5.41) is 0.373. The fourth-order valence-corrected chi connectivity index (χ4v) is 5.72. The molecule has 0 bridgehead atoms. The first-order chi connectivity index (χ1) is 18.6. The van der Waals surface area contributed by atoms with Gasteiger partial charge in [0.05, 0.1) is 30.2 Å². The summed E-state index contributed by atoms with van der Waals surface area (Å²) in [7, 11) is 0. The number of hydrogen-bond acceptors (Lipinski definition) is 5. The molecule has 2 aromatic heterocycles. The molecule has 0 radical (unpaired) electrons. The largest absolute Gasteiger partial charge is 0.473 e. The van der Waals surface area contributed by atoms with Gasteiger partial charge in [-0.2, -0.15) is 0 Å². The molecule has 4 heterocycles. The van der Waals surface area contributed by atoms with Gasteiger partial charge in [-0.05, 0) is 69.1 Å². The van der Waals surface area contributed by atoms with Crippen molar-refractivity contribution in [1.29, 1.82) is 0 Å². The molecule has 2 fully saturated rings. The quantitative estimate of drug-likeness (QED) is 0.263. The Bertz CT molecular complexity index is 1400. The Morgan fingerprint density at radius 3 is 2.68 bits per heavy atom. The third-order valence-electron chi connectivity index (χ3n) is 7.65. The second-order valence-corrected chi connectivity index (χ2v) is 10.7. The smallest absolute Gasteiger partial charge is 0.213 e. The number of pyridine rings is 1. The highest BCUT2D eigenvalue weighted by molar-refractivity contribution is 6.30. The number of benzene rings is 2. The van der Waals surface area contributed by atoms with Gasteiger partial charge in [0.15, 0.2) is 0 Å². The van der Waals surface area contributed by atoms with Gasteiger partial charge in [0, 0.05) is 34.9 Å². The van der Waals surface area contributed by atoms with Gasteiger partial charge < -0.3 is 14.0 Å². The first-order valence-corrected chi connectivity index (χ1v) is 13.8. The summed E-state index contributed by atoms with van der Waals surface area (Å²) in [6, 6.07) is 18.9. The highest BCUT2D eigenvalue weighted by Gasteiger charge is 2.25. The maximum atomic E-state index is 14.1. The van der Waals surface area contributed by atoms with Gasteiger partial charge in [-0.3, -0.25) is 4.90 Å². The Balaban J connectivity index is 1.08. The van der Waals surface area contributed by atoms with Gasteiger partial charge in [0.25, 0.3) is 0 Å². The predicted molar refractivity (Wildman–Crippen MR) is 146 cm³/mol. The molecule has 1 atom stereocenters. The number of aromatic nitrogens is 3. The Morgan fingerprint density at radius 2 is 1.87 bits per heavy atom. The van der Waals surface area contributed by atoms with Crippen molar-refractivity contribution in [3.8, 4) is 5.88 Å². The van der Waals surface area contributed by atoms with Crippen LogP contribution >= 0.6 is 11.6 Å². The second-order valence-electron chi connectivity index (χ2n) is 10.2. The number of nitrogens with zero attached hydrogens (tertiary/aromatic N) is 4. The van der Waals surface area contributed by atoms with Crippen molar-refractivity contribution in [2.24, 2.45) is 0 Å². The lowest BCUT2D eigenvalue weighted by Gasteiger charge is -2.31. The molecule has 2 aliphatic rings. The van der Waals surface area contributed by atoms with E-state index in [0.717, 1.165) is 75.5 Å². The summed E-state index contributed by atoms with van der Waals surface area (Å²) < 4.78 is 28.2. The van der Waals surface area contributed by atoms with Crippen molar-refractivity contribution in [3.05, 3.63) is 88.6 Å². The number of imidazole rings is 1. The molecule has 0 saturated carbocycles. The summed E-state index contributed by atoms with van der Waals surface area (Å²) in [6.07, 6.45) is 4.57. The Kier molecular flexibility index (Phi) is 7.58. The third-order valence-corrected chi connectivity index (χ3v) is 7.89. The molecule has 0 aliphatic carbocycles. The molecule has 0 amide bonds. The van der Waals surface area contributed by atoms with Crippen LogP contribution in [-0.4, -0.2) is 45.2 Å². The number of piperidine rings is 1. The van der Waals surface area contributed by atoms with E-state index in [1.54, 1.807) is 12.1 Å². The van der Waals surface area contributed by atoms with Crippen molar-refractivity contribution in [2.45, 2.75) is 57.4 Å². The van der Waals surface area contributed by atoms with E-state index in [0.29, 0.717) is 22.4 Å². The normalized spacial score (nSPS) is 18.8. The highest BCUT2D eigenvalue weighted by Crippen LogP contribution is 2.30. The third kappa shape index (κ3) is 5.70. The molecular formula is C30H32ClFN4O2. The van der Waals surface area contributed by atoms with Crippen LogP contribution in [0.1, 0.15) is 48.7 Å². The number of likely N-dealkylation sites (tertiary alicyclic amines) is 1. The number of fused-ring (bicyclic) bond motifs is 1. The minimum absolute atomic E-state index is 0.116. The van der Waals surface area contributed by atoms with Gasteiger partial charge in [0.2, 0.25) is 5.88 Å². The van der Waals surface area contributed by atoms with Crippen LogP contribution in [0, 0.1) is 5.82 Å². The fourth-order valence-electron chi connectivity index (χ4n) is 5.56. The monoisotopic (exact) mass is 534 g/mol. The molecular weight excluding hydrogens is 503 g/mol. The molecule has 8 heteroatoms. The lowest BCUT2D eigenvalue weighted by molar-refractivity contribution is 0.0960. The van der Waals surface area contributed by atoms with Crippen molar-refractivity contribution in [2.75, 3.05) is 19.7 Å². The topological polar surface area (TPSA) is 52.4 Å². The first-order valence-electron chi connectivity index (χ1n) is 13.4. The van der Waals surface area contributed by atoms with E-state index in [2.05, 4.69) is 39.8 Å². The van der Waals surface area contributed by atoms with E-state index >= 15 is 0 Å². The van der Waals surface area contributed by atoms with Crippen LogP contribution in [0.2, 0.25) is 5.02 Å². The lowest BCUT2D eigenvalue weighted by Crippen LogP contribution is -2.34. The summed E-state index contributed by atoms with van der Waals surface area (Å²) in [5.74, 6) is 1.63. The van der Waals surface area contributed by atoms with Crippen LogP contribution in [0.3, 0.4) is 0 Å². The van der Waals surface area contributed by atoms with E-state index in [4.69, 9.17) is 31.0 Å². The van der Waals surface area contributed by atoms with Crippen molar-refractivity contribution in [3.63, 3.8) is 0 Å². The van der Waals surface area contributed by atoms with Gasteiger partial charge in [-0.15, -0.1) is 0 Å². The number of hydrogen-bond donors (Lipinski definition) is 0. The molecule has 198 valence electrons. The van der Waals surface area contributed by atoms with Crippen LogP contribution in [0.15, 0.2) is 60.7 Å². The van der Waals surface area contributed by atoms with Gasteiger partial charge in [-0.1, -0.05) is 35.9 Å². The van der Waals surface area contributed by atoms with Crippen molar-refractivity contribution < 1.29 is 13.9 Å². The van der Waals surface area contributed by atoms with Gasteiger partial charge in [0.1, 0.15) is 18.2 Å². The lowest BCUT2D eigenvalue weighted by atomic mass is 9.93. The van der Waals surface area contributed by atoms with Crippen LogP contribution in [0.5, 0.6) is 5.88 Å². The average molecular weight is 535 g/mol. The summed E-state index contributed by atoms with van der Waals surface area (Å²) in [4.78, 5) is 12.2. The molecule has 2 aliphatic heterocycles. The summed E-state index contributed by atoms with van der Waals surface area (Å²) in [5.41, 5.74) is 3.73. The maximum absolute atomic E-state index is 14.1. The number of para-hydroxylation sites is 2. The van der Waals surface area contributed by atoms with E-state index in [1.807, 2.05) is 12.1 Å². The number of rotatable bonds is 8. The number of ether oxygens (including phenoxy) is 2. The predicted octanol–water partition coefficient (Wildman–Crippen LogP) is 6.36. The molecule has 38 heavy (non-hydrogen) atoms. The Labute approximate surface area is 227 Å². The first kappa shape index (κ1) is 25.3. The molecule has 2 aromatic carbocycles. The molecule has 4 aromatic rings. The standard InChI is InChI=1S/C30H32ClFN4O2/c31-23-11-10-22(25(32)17-23)20-38-30-9-3-7-26(34-30)21-12-14-35(15-13-21)19-29-33-27-6-1-2-8-28(27)36(29)18-24-5-4-16-37-24/h1-3,6-11,17,21,24H,4-5,12-16,18-20H2/t24-/m0/s1. The SMILES string of the molecule is Fc1cc(Cl)ccc1COc1cccc(C2CCN(Cc3nc4ccccc4n3C[C@@H]3CCCO3)CC2)n1. The van der Waals surface area contributed by atoms with E-state index < -0.39 is 0 Å². The van der Waals surface area contributed by atoms with Crippen LogP contribution < -0.4 is 4.74 Å². The Hall–Kier alpha value is -3.00. The zero-order chi connectivity index (χ0) is 25.9. The van der Waals surface area contributed by atoms with E-state index in [1.165, 1.54) is 11.6 Å². The van der Waals surface area contributed by atoms with Crippen LogP contribution in [0.25, 0.3) is 11.0 Å². The van der Waals surface area contributed by atoms with Crippen LogP contribution in [-0.2, 0) is 24.4 Å². The van der Waals surface area contributed by atoms with E-state index in [-0.39, 0.29) is 18.5 Å². The minimum Gasteiger partial charge on any atom is -0.473 e. The zero-order valence-corrected chi connectivity index (χ0v) is 22.1. The van der Waals surface area contributed by atoms with Gasteiger partial charge >= 0.3 is 0 Å². The second kappa shape index (κ2) is 11.4. The summed E-state index contributed by atoms with van der Waals surface area (Å²) in [6.45, 7) is 4.64. The average Bonchev–Trinajstić information content (AvgIpc) is 3.57. The van der Waals surface area contributed by atoms with Crippen molar-refractivity contribution in [1.82, 2.24) is 19.4 Å². The maximum Gasteiger partial charge on any atom is 0.213 e. The highest BCUT2D eigenvalue weighted by atomic mass is 35.5. The fraction of sp³-hybridized carbons (Fsp3) is 0.400. The molecule has 6 rings (SSSR count). The molecule has 0 N–H and O–H groups in total. The minimum atomic E-state index is -0.370. The zero-order valence-electron chi connectivity index (χ0n) is 21.4. The Morgan fingerprint density at radius 1 is 1.00 bits per heavy atom. The number of halogens is 2. The van der Waals surface area contributed by atoms with E-state index in [9.17, 15) is 4.39 Å². The molecule has 0 unspecified atom stereocenters. The van der Waals surface area contributed by atoms with Gasteiger partial charge in [-0.25, -0.2) is 14.4 Å². The molecule has 6 nitrogen and oxygen atoms in total. The van der Waals surface area contributed by atoms with Crippen LogP contribution in [0.4, 0.5) is 4.39 Å². The van der Waals surface area contributed by atoms with Crippen molar-refractivity contribution >= 4 is 22.6 Å². The molecule has 2 saturated heterocycles. The molecule has 0 spiro atoms. The summed E-state index contributed by atoms with van der Waals surface area (Å²) >= 11 is 5.85.